The van der Waals surface area contributed by atoms with Crippen molar-refractivity contribution in [3.05, 3.63) is 36.7 Å². The second-order valence-electron chi connectivity index (χ2n) is 5.93. The van der Waals surface area contributed by atoms with E-state index in [1.165, 1.54) is 5.69 Å². The molecule has 1 aliphatic heterocycles. The summed E-state index contributed by atoms with van der Waals surface area (Å²) < 4.78 is 7.32. The van der Waals surface area contributed by atoms with E-state index in [9.17, 15) is 5.11 Å². The van der Waals surface area contributed by atoms with Crippen LogP contribution in [0.2, 0.25) is 0 Å². The van der Waals surface area contributed by atoms with Crippen LogP contribution in [0.15, 0.2) is 41.8 Å². The Kier molecular flexibility index (Phi) is 4.42. The standard InChI is InChI=1S/C16H21N3O2S/c1-18(2)13-3-5-14(6-4-13)19-8-7-17-15(19)22-12-16(9-20)10-21-11-16/h3-8,20H,9-12H2,1-2H3. The summed E-state index contributed by atoms with van der Waals surface area (Å²) in [6, 6.07) is 8.38. The van der Waals surface area contributed by atoms with Gasteiger partial charge in [0.25, 0.3) is 0 Å². The molecule has 0 aliphatic carbocycles. The summed E-state index contributed by atoms with van der Waals surface area (Å²) in [5, 5.41) is 10.5. The van der Waals surface area contributed by atoms with E-state index in [0.29, 0.717) is 13.2 Å². The summed E-state index contributed by atoms with van der Waals surface area (Å²) in [6.45, 7) is 1.43. The fourth-order valence-electron chi connectivity index (χ4n) is 2.33. The summed E-state index contributed by atoms with van der Waals surface area (Å²) >= 11 is 1.67. The Bertz CT molecular complexity index is 615. The van der Waals surface area contributed by atoms with Crippen LogP contribution in [0.5, 0.6) is 0 Å². The molecule has 1 aromatic heterocycles. The van der Waals surface area contributed by atoms with Crippen molar-refractivity contribution in [2.75, 3.05) is 44.6 Å². The lowest BCUT2D eigenvalue weighted by Crippen LogP contribution is -2.47. The maximum atomic E-state index is 9.51. The van der Waals surface area contributed by atoms with E-state index in [0.717, 1.165) is 16.6 Å². The van der Waals surface area contributed by atoms with E-state index >= 15 is 0 Å². The Morgan fingerprint density at radius 3 is 2.59 bits per heavy atom. The highest BCUT2D eigenvalue weighted by Crippen LogP contribution is 2.34. The van der Waals surface area contributed by atoms with Gasteiger partial charge >= 0.3 is 0 Å². The molecule has 1 fully saturated rings. The number of hydrogen-bond donors (Lipinski definition) is 1. The maximum Gasteiger partial charge on any atom is 0.172 e. The van der Waals surface area contributed by atoms with Crippen molar-refractivity contribution in [1.82, 2.24) is 9.55 Å². The van der Waals surface area contributed by atoms with Crippen molar-refractivity contribution < 1.29 is 9.84 Å². The molecular formula is C16H21N3O2S. The number of aliphatic hydroxyl groups excluding tert-OH is 1. The third-order valence-corrected chi connectivity index (χ3v) is 5.23. The molecule has 1 aromatic carbocycles. The van der Waals surface area contributed by atoms with Gasteiger partial charge in [-0.1, -0.05) is 11.8 Å². The largest absolute Gasteiger partial charge is 0.396 e. The SMILES string of the molecule is CN(C)c1ccc(-n2ccnc2SCC2(CO)COC2)cc1. The highest BCUT2D eigenvalue weighted by molar-refractivity contribution is 7.99. The first-order valence-electron chi connectivity index (χ1n) is 7.26. The molecule has 0 spiro atoms. The van der Waals surface area contributed by atoms with Crippen LogP contribution in [0.3, 0.4) is 0 Å². The summed E-state index contributed by atoms with van der Waals surface area (Å²) in [5.74, 6) is 0.816. The molecule has 0 radical (unpaired) electrons. The molecule has 1 aliphatic rings. The number of hydrogen-bond acceptors (Lipinski definition) is 5. The predicted octanol–water partition coefficient (Wildman–Crippen LogP) is 2.04. The third-order valence-electron chi connectivity index (χ3n) is 3.91. The van der Waals surface area contributed by atoms with Crippen LogP contribution in [-0.4, -0.2) is 54.3 Å². The lowest BCUT2D eigenvalue weighted by Gasteiger charge is -2.39. The first-order chi connectivity index (χ1) is 10.6. The van der Waals surface area contributed by atoms with Gasteiger partial charge in [0, 0.05) is 49.0 Å². The predicted molar refractivity (Wildman–Crippen MR) is 89.0 cm³/mol. The molecule has 0 amide bonds. The van der Waals surface area contributed by atoms with Crippen LogP contribution in [0.4, 0.5) is 5.69 Å². The zero-order valence-electron chi connectivity index (χ0n) is 12.9. The maximum absolute atomic E-state index is 9.51. The van der Waals surface area contributed by atoms with Gasteiger partial charge in [-0.2, -0.15) is 0 Å². The lowest BCUT2D eigenvalue weighted by molar-refractivity contribution is -0.121. The van der Waals surface area contributed by atoms with E-state index in [1.54, 1.807) is 11.8 Å². The van der Waals surface area contributed by atoms with Crippen LogP contribution >= 0.6 is 11.8 Å². The summed E-state index contributed by atoms with van der Waals surface area (Å²) in [7, 11) is 4.06. The highest BCUT2D eigenvalue weighted by atomic mass is 32.2. The average Bonchev–Trinajstić information content (AvgIpc) is 2.95. The number of aromatic nitrogens is 2. The molecule has 1 N–H and O–H groups in total. The van der Waals surface area contributed by atoms with Crippen LogP contribution in [0, 0.1) is 5.41 Å². The van der Waals surface area contributed by atoms with Gasteiger partial charge < -0.3 is 14.7 Å². The van der Waals surface area contributed by atoms with Crippen LogP contribution in [0.25, 0.3) is 5.69 Å². The van der Waals surface area contributed by atoms with Gasteiger partial charge in [0.1, 0.15) is 0 Å². The minimum Gasteiger partial charge on any atom is -0.396 e. The Morgan fingerprint density at radius 1 is 1.32 bits per heavy atom. The molecule has 3 rings (SSSR count). The van der Waals surface area contributed by atoms with Crippen LogP contribution < -0.4 is 4.90 Å². The number of benzene rings is 1. The number of aliphatic hydroxyl groups is 1. The lowest BCUT2D eigenvalue weighted by atomic mass is 9.90. The molecule has 0 unspecified atom stereocenters. The molecule has 0 atom stereocenters. The van der Waals surface area contributed by atoms with Gasteiger partial charge in [-0.15, -0.1) is 0 Å². The van der Waals surface area contributed by atoms with E-state index in [4.69, 9.17) is 4.74 Å². The van der Waals surface area contributed by atoms with Crippen LogP contribution in [-0.2, 0) is 4.74 Å². The zero-order valence-corrected chi connectivity index (χ0v) is 13.7. The summed E-state index contributed by atoms with van der Waals surface area (Å²) in [4.78, 5) is 6.52. The topological polar surface area (TPSA) is 50.5 Å². The fourth-order valence-corrected chi connectivity index (χ4v) is 3.47. The number of imidazole rings is 1. The number of nitrogens with zero attached hydrogens (tertiary/aromatic N) is 3. The molecule has 2 aromatic rings. The summed E-state index contributed by atoms with van der Waals surface area (Å²) in [5.41, 5.74) is 2.16. The van der Waals surface area contributed by atoms with Crippen molar-refractivity contribution in [2.24, 2.45) is 5.41 Å². The quantitative estimate of drug-likeness (QED) is 0.826. The normalized spacial score (nSPS) is 16.3. The first-order valence-corrected chi connectivity index (χ1v) is 8.25. The molecule has 0 bridgehead atoms. The monoisotopic (exact) mass is 319 g/mol. The van der Waals surface area contributed by atoms with E-state index in [-0.39, 0.29) is 12.0 Å². The Morgan fingerprint density at radius 2 is 2.05 bits per heavy atom. The van der Waals surface area contributed by atoms with Crippen molar-refractivity contribution in [3.8, 4) is 5.69 Å². The zero-order chi connectivity index (χ0) is 15.6. The van der Waals surface area contributed by atoms with Crippen molar-refractivity contribution in [1.29, 1.82) is 0 Å². The molecule has 2 heterocycles. The average molecular weight is 319 g/mol. The molecule has 6 heteroatoms. The van der Waals surface area contributed by atoms with Gasteiger partial charge in [0.15, 0.2) is 5.16 Å². The fraction of sp³-hybridized carbons (Fsp3) is 0.438. The molecule has 1 saturated heterocycles. The van der Waals surface area contributed by atoms with Gasteiger partial charge in [0.2, 0.25) is 0 Å². The first kappa shape index (κ1) is 15.4. The minimum absolute atomic E-state index is 0.101. The van der Waals surface area contributed by atoms with Crippen molar-refractivity contribution in [2.45, 2.75) is 5.16 Å². The smallest absolute Gasteiger partial charge is 0.172 e. The highest BCUT2D eigenvalue weighted by Gasteiger charge is 2.38. The molecule has 0 saturated carbocycles. The number of rotatable bonds is 6. The molecule has 5 nitrogen and oxygen atoms in total. The molecule has 118 valence electrons. The Balaban J connectivity index is 1.74. The van der Waals surface area contributed by atoms with Gasteiger partial charge in [-0.05, 0) is 24.3 Å². The van der Waals surface area contributed by atoms with Gasteiger partial charge in [-0.25, -0.2) is 4.98 Å². The molecular weight excluding hydrogens is 298 g/mol. The van der Waals surface area contributed by atoms with E-state index < -0.39 is 0 Å². The second kappa shape index (κ2) is 6.32. The second-order valence-corrected chi connectivity index (χ2v) is 6.87. The van der Waals surface area contributed by atoms with Crippen LogP contribution in [0.1, 0.15) is 0 Å². The molecule has 22 heavy (non-hydrogen) atoms. The van der Waals surface area contributed by atoms with E-state index in [1.807, 2.05) is 26.5 Å². The Hall–Kier alpha value is -1.50. The van der Waals surface area contributed by atoms with Crippen molar-refractivity contribution >= 4 is 17.4 Å². The third kappa shape index (κ3) is 2.99. The van der Waals surface area contributed by atoms with E-state index in [2.05, 4.69) is 38.7 Å². The number of ether oxygens (including phenoxy) is 1. The van der Waals surface area contributed by atoms with Gasteiger partial charge in [-0.3, -0.25) is 4.57 Å². The number of thioether (sulfide) groups is 1. The minimum atomic E-state index is -0.101. The summed E-state index contributed by atoms with van der Waals surface area (Å²) in [6.07, 6.45) is 3.78. The van der Waals surface area contributed by atoms with Gasteiger partial charge in [0.05, 0.1) is 19.8 Å². The number of anilines is 1. The van der Waals surface area contributed by atoms with Crippen molar-refractivity contribution in [3.63, 3.8) is 0 Å². The Labute approximate surface area is 134 Å².